The first-order valence-electron chi connectivity index (χ1n) is 8.63. The molecule has 0 bridgehead atoms. The van der Waals surface area contributed by atoms with Crippen LogP contribution in [0.2, 0.25) is 0 Å². The third-order valence-electron chi connectivity index (χ3n) is 3.79. The molecule has 1 aromatic rings. The molecule has 1 unspecified atom stereocenters. The lowest BCUT2D eigenvalue weighted by molar-refractivity contribution is -0.127. The third-order valence-corrected chi connectivity index (χ3v) is 3.79. The Morgan fingerprint density at radius 1 is 1.32 bits per heavy atom. The number of methoxy groups -OCH3 is 1. The van der Waals surface area contributed by atoms with E-state index < -0.39 is 6.61 Å². The van der Waals surface area contributed by atoms with Gasteiger partial charge in [-0.05, 0) is 31.5 Å². The number of aliphatic imine (C=N–C) groups is 1. The lowest BCUT2D eigenvalue weighted by Crippen LogP contribution is -2.45. The fraction of sp³-hybridized carbons (Fsp3) is 0.556. The molecule has 7 nitrogen and oxygen atoms in total. The molecule has 1 amide bonds. The summed E-state index contributed by atoms with van der Waals surface area (Å²) >= 11 is 0. The molecule has 0 fully saturated rings. The molecule has 2 N–H and O–H groups in total. The summed E-state index contributed by atoms with van der Waals surface area (Å²) in [5, 5.41) is 6.12. The van der Waals surface area contributed by atoms with Crippen molar-refractivity contribution in [3.8, 4) is 11.5 Å². The second-order valence-corrected chi connectivity index (χ2v) is 6.11. The summed E-state index contributed by atoms with van der Waals surface area (Å²) in [7, 11) is 4.81. The lowest BCUT2D eigenvalue weighted by atomic mass is 10.2. The predicted molar refractivity (Wildman–Crippen MR) is 116 cm³/mol. The van der Waals surface area contributed by atoms with Crippen molar-refractivity contribution in [2.75, 3.05) is 27.7 Å². The SMILES string of the molecule is CCC(C)NC(=NCc1cc(OC)ccc1OC(F)F)NCC(=O)N(C)C.I. The molecule has 0 aliphatic heterocycles. The van der Waals surface area contributed by atoms with E-state index in [0.717, 1.165) is 6.42 Å². The number of likely N-dealkylation sites (N-methyl/N-ethyl adjacent to an activating group) is 1. The van der Waals surface area contributed by atoms with Gasteiger partial charge in [-0.15, -0.1) is 24.0 Å². The van der Waals surface area contributed by atoms with E-state index in [4.69, 9.17) is 4.74 Å². The number of halogens is 3. The summed E-state index contributed by atoms with van der Waals surface area (Å²) in [6.07, 6.45) is 0.848. The molecule has 160 valence electrons. The van der Waals surface area contributed by atoms with E-state index in [2.05, 4.69) is 20.4 Å². The van der Waals surface area contributed by atoms with E-state index in [9.17, 15) is 13.6 Å². The molecule has 1 rings (SSSR count). The van der Waals surface area contributed by atoms with Gasteiger partial charge in [-0.25, -0.2) is 4.99 Å². The lowest BCUT2D eigenvalue weighted by Gasteiger charge is -2.18. The van der Waals surface area contributed by atoms with Crippen LogP contribution in [-0.4, -0.2) is 57.2 Å². The van der Waals surface area contributed by atoms with Crippen molar-refractivity contribution in [1.82, 2.24) is 15.5 Å². The van der Waals surface area contributed by atoms with Crippen molar-refractivity contribution >= 4 is 35.8 Å². The molecule has 0 aromatic heterocycles. The summed E-state index contributed by atoms with van der Waals surface area (Å²) in [4.78, 5) is 17.7. The fourth-order valence-electron chi connectivity index (χ4n) is 1.99. The molecule has 1 atom stereocenters. The first kappa shape index (κ1) is 26.1. The number of nitrogens with one attached hydrogen (secondary N) is 2. The van der Waals surface area contributed by atoms with Crippen LogP contribution in [0.4, 0.5) is 8.78 Å². The molecule has 0 aliphatic rings. The maximum atomic E-state index is 12.6. The van der Waals surface area contributed by atoms with Crippen molar-refractivity contribution in [3.63, 3.8) is 0 Å². The number of hydrogen-bond donors (Lipinski definition) is 2. The summed E-state index contributed by atoms with van der Waals surface area (Å²) in [5.41, 5.74) is 0.443. The molecule has 10 heteroatoms. The molecule has 0 aliphatic carbocycles. The Kier molecular flexibility index (Phi) is 12.5. The van der Waals surface area contributed by atoms with Crippen LogP contribution in [0.3, 0.4) is 0 Å². The molecular weight excluding hydrogens is 485 g/mol. The van der Waals surface area contributed by atoms with Gasteiger partial charge in [0, 0.05) is 25.7 Å². The van der Waals surface area contributed by atoms with E-state index in [1.165, 1.54) is 24.1 Å². The van der Waals surface area contributed by atoms with Crippen LogP contribution in [0.25, 0.3) is 0 Å². The highest BCUT2D eigenvalue weighted by atomic mass is 127. The van der Waals surface area contributed by atoms with Gasteiger partial charge < -0.3 is 25.0 Å². The Morgan fingerprint density at radius 2 is 2.00 bits per heavy atom. The van der Waals surface area contributed by atoms with Crippen molar-refractivity contribution < 1.29 is 23.0 Å². The van der Waals surface area contributed by atoms with Gasteiger partial charge >= 0.3 is 6.61 Å². The van der Waals surface area contributed by atoms with Crippen LogP contribution >= 0.6 is 24.0 Å². The van der Waals surface area contributed by atoms with Gasteiger partial charge in [-0.2, -0.15) is 8.78 Å². The van der Waals surface area contributed by atoms with E-state index in [1.807, 2.05) is 13.8 Å². The average Bonchev–Trinajstić information content (AvgIpc) is 2.63. The van der Waals surface area contributed by atoms with E-state index in [0.29, 0.717) is 17.3 Å². The number of nitrogens with zero attached hydrogens (tertiary/aromatic N) is 2. The zero-order valence-electron chi connectivity index (χ0n) is 16.8. The van der Waals surface area contributed by atoms with Crippen molar-refractivity contribution in [3.05, 3.63) is 23.8 Å². The minimum Gasteiger partial charge on any atom is -0.497 e. The smallest absolute Gasteiger partial charge is 0.387 e. The maximum absolute atomic E-state index is 12.6. The van der Waals surface area contributed by atoms with Crippen LogP contribution in [0.5, 0.6) is 11.5 Å². The van der Waals surface area contributed by atoms with E-state index in [-0.39, 0.29) is 54.8 Å². The highest BCUT2D eigenvalue weighted by molar-refractivity contribution is 14.0. The molecule has 0 heterocycles. The fourth-order valence-corrected chi connectivity index (χ4v) is 1.99. The third kappa shape index (κ3) is 9.38. The number of ether oxygens (including phenoxy) is 2. The summed E-state index contributed by atoms with van der Waals surface area (Å²) in [6, 6.07) is 4.66. The Bertz CT molecular complexity index is 645. The average molecular weight is 514 g/mol. The second kappa shape index (κ2) is 13.3. The van der Waals surface area contributed by atoms with E-state index in [1.54, 1.807) is 20.2 Å². The topological polar surface area (TPSA) is 75.2 Å². The van der Waals surface area contributed by atoms with Gasteiger partial charge in [0.2, 0.25) is 5.91 Å². The number of rotatable bonds is 9. The number of carbonyl (C=O) groups is 1. The number of carbonyl (C=O) groups excluding carboxylic acids is 1. The van der Waals surface area contributed by atoms with Crippen molar-refractivity contribution in [1.29, 1.82) is 0 Å². The largest absolute Gasteiger partial charge is 0.497 e. The standard InChI is InChI=1S/C18H28F2N4O3.HI/c1-6-12(2)23-18(22-11-16(25)24(3)4)21-10-13-9-14(26-5)7-8-15(13)27-17(19)20;/h7-9,12,17H,6,10-11H2,1-5H3,(H2,21,22,23);1H. The van der Waals surface area contributed by atoms with Crippen molar-refractivity contribution in [2.45, 2.75) is 39.5 Å². The molecular formula is C18H29F2IN4O3. The first-order valence-corrected chi connectivity index (χ1v) is 8.63. The van der Waals surface area contributed by atoms with Gasteiger partial charge in [0.15, 0.2) is 5.96 Å². The quantitative estimate of drug-likeness (QED) is 0.301. The van der Waals surface area contributed by atoms with Crippen molar-refractivity contribution in [2.24, 2.45) is 4.99 Å². The van der Waals surface area contributed by atoms with Crippen LogP contribution < -0.4 is 20.1 Å². The minimum absolute atomic E-state index is 0. The highest BCUT2D eigenvalue weighted by Crippen LogP contribution is 2.26. The van der Waals surface area contributed by atoms with Gasteiger partial charge in [-0.1, -0.05) is 6.92 Å². The Labute approximate surface area is 181 Å². The summed E-state index contributed by atoms with van der Waals surface area (Å²) in [5.74, 6) is 0.831. The maximum Gasteiger partial charge on any atom is 0.387 e. The van der Waals surface area contributed by atoms with Crippen LogP contribution in [0, 0.1) is 0 Å². The molecule has 0 saturated carbocycles. The summed E-state index contributed by atoms with van der Waals surface area (Å²) < 4.78 is 34.9. The van der Waals surface area contributed by atoms with Gasteiger partial charge in [-0.3, -0.25) is 4.79 Å². The predicted octanol–water partition coefficient (Wildman–Crippen LogP) is 2.84. The van der Waals surface area contributed by atoms with Crippen LogP contribution in [-0.2, 0) is 11.3 Å². The monoisotopic (exact) mass is 514 g/mol. The summed E-state index contributed by atoms with van der Waals surface area (Å²) in [6.45, 7) is 1.18. The first-order chi connectivity index (χ1) is 12.8. The number of benzene rings is 1. The van der Waals surface area contributed by atoms with E-state index >= 15 is 0 Å². The van der Waals surface area contributed by atoms with Gasteiger partial charge in [0.1, 0.15) is 11.5 Å². The van der Waals surface area contributed by atoms with Gasteiger partial charge in [0.25, 0.3) is 0 Å². The minimum atomic E-state index is -2.94. The molecule has 0 saturated heterocycles. The molecule has 0 spiro atoms. The Hall–Kier alpha value is -1.85. The molecule has 0 radical (unpaired) electrons. The zero-order valence-corrected chi connectivity index (χ0v) is 19.1. The highest BCUT2D eigenvalue weighted by Gasteiger charge is 2.12. The normalized spacial score (nSPS) is 12.1. The van der Waals surface area contributed by atoms with Crippen LogP contribution in [0.1, 0.15) is 25.8 Å². The molecule has 1 aromatic carbocycles. The van der Waals surface area contributed by atoms with Gasteiger partial charge in [0.05, 0.1) is 20.2 Å². The number of guanidine groups is 1. The molecule has 28 heavy (non-hydrogen) atoms. The number of hydrogen-bond acceptors (Lipinski definition) is 4. The number of amides is 1. The Balaban J connectivity index is 0.00000729. The zero-order chi connectivity index (χ0) is 20.4. The number of alkyl halides is 2. The van der Waals surface area contributed by atoms with Crippen LogP contribution in [0.15, 0.2) is 23.2 Å². The Morgan fingerprint density at radius 3 is 2.54 bits per heavy atom. The second-order valence-electron chi connectivity index (χ2n) is 6.11.